The highest BCUT2D eigenvalue weighted by Gasteiger charge is 2.25. The Kier molecular flexibility index (Phi) is 7.14. The number of aromatic nitrogens is 2. The van der Waals surface area contributed by atoms with Gasteiger partial charge in [0.05, 0.1) is 12.1 Å². The summed E-state index contributed by atoms with van der Waals surface area (Å²) < 4.78 is 13.9. The summed E-state index contributed by atoms with van der Waals surface area (Å²) in [6.45, 7) is 8.93. The maximum Gasteiger partial charge on any atom is 0.229 e. The van der Waals surface area contributed by atoms with Gasteiger partial charge in [-0.25, -0.2) is 14.4 Å². The van der Waals surface area contributed by atoms with Crippen LogP contribution < -0.4 is 5.32 Å². The number of benzene rings is 2. The topological polar surface area (TPSA) is 58.1 Å². The number of carbonyl (C=O) groups excluding carboxylic acids is 1. The Bertz CT molecular complexity index is 1120. The van der Waals surface area contributed by atoms with Gasteiger partial charge in [0, 0.05) is 36.0 Å². The van der Waals surface area contributed by atoms with Crippen molar-refractivity contribution in [3.05, 3.63) is 88.3 Å². The van der Waals surface area contributed by atoms with Crippen LogP contribution in [0.2, 0.25) is 0 Å². The zero-order valence-electron chi connectivity index (χ0n) is 19.6. The van der Waals surface area contributed by atoms with Gasteiger partial charge in [-0.05, 0) is 57.9 Å². The van der Waals surface area contributed by atoms with Crippen LogP contribution in [-0.4, -0.2) is 33.9 Å². The number of hydrogen-bond acceptors (Lipinski definition) is 4. The number of aryl methyl sites for hydroxylation is 3. The molecule has 1 aliphatic rings. The van der Waals surface area contributed by atoms with Crippen LogP contribution in [0.15, 0.2) is 48.5 Å². The van der Waals surface area contributed by atoms with E-state index in [-0.39, 0.29) is 23.9 Å². The first-order chi connectivity index (χ1) is 15.9. The van der Waals surface area contributed by atoms with Gasteiger partial charge < -0.3 is 5.32 Å². The van der Waals surface area contributed by atoms with Crippen molar-refractivity contribution in [3.8, 4) is 0 Å². The smallest absolute Gasteiger partial charge is 0.229 e. The fourth-order valence-electron chi connectivity index (χ4n) is 4.60. The number of nitrogens with one attached hydrogen (secondary N) is 1. The average molecular weight is 447 g/mol. The van der Waals surface area contributed by atoms with Crippen LogP contribution in [0, 0.1) is 26.6 Å². The number of carbonyl (C=O) groups is 1. The molecule has 1 atom stereocenters. The van der Waals surface area contributed by atoms with Gasteiger partial charge in [-0.1, -0.05) is 42.0 Å². The standard InChI is InChI=1S/C27H31FN4O/c1-18-8-6-9-21(14-18)16-32-13-7-10-22(17-32)27-29-19(2)23(20(3)30-27)15-26(33)31-25-12-5-4-11-24(25)28/h4-6,8-9,11-12,14,22H,7,10,13,15-17H2,1-3H3,(H,31,33)/t22-/m1/s1. The van der Waals surface area contributed by atoms with Crippen molar-refractivity contribution < 1.29 is 9.18 Å². The van der Waals surface area contributed by atoms with Crippen LogP contribution in [0.3, 0.4) is 0 Å². The third-order valence-corrected chi connectivity index (χ3v) is 6.28. The van der Waals surface area contributed by atoms with E-state index in [1.165, 1.54) is 17.2 Å². The van der Waals surface area contributed by atoms with E-state index in [0.717, 1.165) is 55.3 Å². The highest BCUT2D eigenvalue weighted by atomic mass is 19.1. The summed E-state index contributed by atoms with van der Waals surface area (Å²) in [7, 11) is 0. The molecule has 6 heteroatoms. The highest BCUT2D eigenvalue weighted by molar-refractivity contribution is 5.92. The van der Waals surface area contributed by atoms with E-state index in [0.29, 0.717) is 0 Å². The Hall–Kier alpha value is -3.12. The van der Waals surface area contributed by atoms with E-state index in [9.17, 15) is 9.18 Å². The summed E-state index contributed by atoms with van der Waals surface area (Å²) in [6.07, 6.45) is 2.30. The molecule has 0 saturated carbocycles. The van der Waals surface area contributed by atoms with E-state index in [1.807, 2.05) is 13.8 Å². The lowest BCUT2D eigenvalue weighted by Crippen LogP contribution is -2.34. The Morgan fingerprint density at radius 2 is 1.85 bits per heavy atom. The normalized spacial score (nSPS) is 16.5. The third-order valence-electron chi connectivity index (χ3n) is 6.28. The number of piperidine rings is 1. The summed E-state index contributed by atoms with van der Waals surface area (Å²) >= 11 is 0. The molecule has 0 unspecified atom stereocenters. The summed E-state index contributed by atoms with van der Waals surface area (Å²) in [5.74, 6) is 0.419. The highest BCUT2D eigenvalue weighted by Crippen LogP contribution is 2.27. The molecule has 2 aromatic carbocycles. The van der Waals surface area contributed by atoms with E-state index >= 15 is 0 Å². The summed E-state index contributed by atoms with van der Waals surface area (Å²) in [5.41, 5.74) is 5.24. The van der Waals surface area contributed by atoms with Gasteiger partial charge in [-0.3, -0.25) is 9.69 Å². The van der Waals surface area contributed by atoms with Crippen molar-refractivity contribution >= 4 is 11.6 Å². The van der Waals surface area contributed by atoms with Crippen molar-refractivity contribution in [2.45, 2.75) is 52.5 Å². The van der Waals surface area contributed by atoms with Crippen LogP contribution >= 0.6 is 0 Å². The molecule has 0 spiro atoms. The second-order valence-electron chi connectivity index (χ2n) is 9.00. The fourth-order valence-corrected chi connectivity index (χ4v) is 4.60. The second-order valence-corrected chi connectivity index (χ2v) is 9.00. The molecule has 1 N–H and O–H groups in total. The molecule has 1 amide bonds. The Morgan fingerprint density at radius 1 is 1.09 bits per heavy atom. The van der Waals surface area contributed by atoms with Crippen LogP contribution in [-0.2, 0) is 17.8 Å². The van der Waals surface area contributed by atoms with E-state index < -0.39 is 5.82 Å². The third kappa shape index (κ3) is 5.82. The number of para-hydroxylation sites is 1. The first-order valence-corrected chi connectivity index (χ1v) is 11.6. The Balaban J connectivity index is 1.44. The summed E-state index contributed by atoms with van der Waals surface area (Å²) in [6, 6.07) is 14.8. The van der Waals surface area contributed by atoms with Crippen molar-refractivity contribution in [3.63, 3.8) is 0 Å². The molecule has 1 fully saturated rings. The van der Waals surface area contributed by atoms with Gasteiger partial charge in [0.1, 0.15) is 11.6 Å². The zero-order chi connectivity index (χ0) is 23.4. The monoisotopic (exact) mass is 446 g/mol. The number of hydrogen-bond donors (Lipinski definition) is 1. The molecule has 0 radical (unpaired) electrons. The lowest BCUT2D eigenvalue weighted by molar-refractivity contribution is -0.115. The number of rotatable bonds is 6. The van der Waals surface area contributed by atoms with Gasteiger partial charge in [0.25, 0.3) is 0 Å². The summed E-state index contributed by atoms with van der Waals surface area (Å²) in [5, 5.41) is 2.65. The first-order valence-electron chi connectivity index (χ1n) is 11.6. The Labute approximate surface area is 195 Å². The molecule has 1 aliphatic heterocycles. The molecule has 0 aliphatic carbocycles. The minimum absolute atomic E-state index is 0.121. The lowest BCUT2D eigenvalue weighted by Gasteiger charge is -2.32. The van der Waals surface area contributed by atoms with E-state index in [1.54, 1.807) is 18.2 Å². The fraction of sp³-hybridized carbons (Fsp3) is 0.370. The van der Waals surface area contributed by atoms with Crippen LogP contribution in [0.4, 0.5) is 10.1 Å². The van der Waals surface area contributed by atoms with E-state index in [2.05, 4.69) is 41.4 Å². The number of likely N-dealkylation sites (tertiary alicyclic amines) is 1. The molecule has 5 nitrogen and oxygen atoms in total. The predicted molar refractivity (Wildman–Crippen MR) is 129 cm³/mol. The molecule has 1 saturated heterocycles. The molecular weight excluding hydrogens is 415 g/mol. The molecule has 2 heterocycles. The maximum atomic E-state index is 13.9. The molecule has 3 aromatic rings. The van der Waals surface area contributed by atoms with Crippen LogP contribution in [0.1, 0.15) is 52.7 Å². The van der Waals surface area contributed by atoms with Crippen LogP contribution in [0.25, 0.3) is 0 Å². The largest absolute Gasteiger partial charge is 0.323 e. The van der Waals surface area contributed by atoms with Crippen molar-refractivity contribution in [1.29, 1.82) is 0 Å². The SMILES string of the molecule is Cc1cccc(CN2CCC[C@@H](c3nc(C)c(CC(=O)Nc4ccccc4F)c(C)n3)C2)c1. The van der Waals surface area contributed by atoms with E-state index in [4.69, 9.17) is 9.97 Å². The number of amides is 1. The first kappa shape index (κ1) is 23.1. The average Bonchev–Trinajstić information content (AvgIpc) is 2.78. The zero-order valence-corrected chi connectivity index (χ0v) is 19.6. The number of halogens is 1. The number of anilines is 1. The van der Waals surface area contributed by atoms with Crippen LogP contribution in [0.5, 0.6) is 0 Å². The molecular formula is C27H31FN4O. The van der Waals surface area contributed by atoms with Gasteiger partial charge >= 0.3 is 0 Å². The van der Waals surface area contributed by atoms with Gasteiger partial charge in [0.15, 0.2) is 0 Å². The van der Waals surface area contributed by atoms with Crippen molar-refractivity contribution in [2.24, 2.45) is 0 Å². The molecule has 1 aromatic heterocycles. The molecule has 4 rings (SSSR count). The molecule has 0 bridgehead atoms. The van der Waals surface area contributed by atoms with Gasteiger partial charge in [-0.15, -0.1) is 0 Å². The molecule has 172 valence electrons. The maximum absolute atomic E-state index is 13.9. The molecule has 33 heavy (non-hydrogen) atoms. The Morgan fingerprint density at radius 3 is 2.58 bits per heavy atom. The number of nitrogens with zero attached hydrogens (tertiary/aromatic N) is 3. The quantitative estimate of drug-likeness (QED) is 0.572. The van der Waals surface area contributed by atoms with Gasteiger partial charge in [0.2, 0.25) is 5.91 Å². The predicted octanol–water partition coefficient (Wildman–Crippen LogP) is 5.10. The van der Waals surface area contributed by atoms with Crippen molar-refractivity contribution in [1.82, 2.24) is 14.9 Å². The second kappa shape index (κ2) is 10.2. The summed E-state index contributed by atoms with van der Waals surface area (Å²) in [4.78, 5) is 24.6. The van der Waals surface area contributed by atoms with Crippen molar-refractivity contribution in [2.75, 3.05) is 18.4 Å². The lowest BCUT2D eigenvalue weighted by atomic mass is 9.95. The minimum Gasteiger partial charge on any atom is -0.323 e. The van der Waals surface area contributed by atoms with Gasteiger partial charge in [-0.2, -0.15) is 0 Å². The minimum atomic E-state index is -0.446.